The minimum Gasteiger partial charge on any atom is -0.496 e. The summed E-state index contributed by atoms with van der Waals surface area (Å²) in [6, 6.07) is 0. The molecule has 0 heterocycles. The Hall–Kier alpha value is -0.505. The van der Waals surface area contributed by atoms with E-state index < -0.39 is 0 Å². The van der Waals surface area contributed by atoms with Crippen molar-refractivity contribution >= 4 is 14.0 Å². The van der Waals surface area contributed by atoms with Crippen molar-refractivity contribution in [3.63, 3.8) is 0 Å². The molecule has 0 fully saturated rings. The summed E-state index contributed by atoms with van der Waals surface area (Å²) in [5.41, 5.74) is 0. The summed E-state index contributed by atoms with van der Waals surface area (Å²) in [4.78, 5) is 10.3. The summed E-state index contributed by atoms with van der Waals surface area (Å²) in [7, 11) is 1.66. The van der Waals surface area contributed by atoms with Crippen LogP contribution in [0.5, 0.6) is 0 Å². The highest BCUT2D eigenvalue weighted by Crippen LogP contribution is 1.78. The molecule has 0 bridgehead atoms. The lowest BCUT2D eigenvalue weighted by atomic mass is 10.3. The molecule has 8 heavy (non-hydrogen) atoms. The van der Waals surface area contributed by atoms with Crippen LogP contribution in [0.15, 0.2) is 0 Å². The predicted octanol–water partition coefficient (Wildman–Crippen LogP) is -1.58. The van der Waals surface area contributed by atoms with E-state index in [0.29, 0.717) is 6.42 Å². The predicted molar refractivity (Wildman–Crippen MR) is 34.6 cm³/mol. The molecular formula is C4H11BNO2-. The summed E-state index contributed by atoms with van der Waals surface area (Å²) in [5.74, 6) is -0.127. The van der Waals surface area contributed by atoms with Gasteiger partial charge in [0.2, 0.25) is 0 Å². The minimum absolute atomic E-state index is 0.127. The number of hydrogen-bond acceptors (Lipinski definition) is 3. The number of ether oxygens (including phenoxy) is 1. The van der Waals surface area contributed by atoms with Crippen LogP contribution >= 0.6 is 0 Å². The molecule has 0 aromatic heterocycles. The Morgan fingerprint density at radius 2 is 2.50 bits per heavy atom. The van der Waals surface area contributed by atoms with Gasteiger partial charge in [-0.1, -0.05) is 0 Å². The summed E-state index contributed by atoms with van der Waals surface area (Å²) in [5, 5.41) is 3.08. The molecule has 0 aromatic carbocycles. The number of hydrogen-bond donors (Lipinski definition) is 1. The molecule has 0 aromatic rings. The number of nitrogens with one attached hydrogen (secondary N) is 1. The monoisotopic (exact) mass is 116 g/mol. The summed E-state index contributed by atoms with van der Waals surface area (Å²) < 4.78 is 4.40. The highest BCUT2D eigenvalue weighted by Gasteiger charge is 1.93. The van der Waals surface area contributed by atoms with Crippen molar-refractivity contribution in [2.24, 2.45) is 0 Å². The second-order valence-electron chi connectivity index (χ2n) is 1.08. The van der Waals surface area contributed by atoms with Gasteiger partial charge in [-0.15, -0.1) is 0 Å². The van der Waals surface area contributed by atoms with Crippen LogP contribution < -0.4 is 5.23 Å². The van der Waals surface area contributed by atoms with Crippen LogP contribution in [0.1, 0.15) is 6.42 Å². The molecule has 0 saturated carbocycles. The highest BCUT2D eigenvalue weighted by atomic mass is 16.5. The first kappa shape index (κ1) is 7.49. The number of methoxy groups -OCH3 is 1. The Kier molecular flexibility index (Phi) is 4.36. The number of rotatable bonds is 3. The topological polar surface area (TPSA) is 38.3 Å². The lowest BCUT2D eigenvalue weighted by Gasteiger charge is -1.98. The van der Waals surface area contributed by atoms with Gasteiger partial charge in [0, 0.05) is 7.98 Å². The molecule has 0 amide bonds. The molecule has 0 aliphatic heterocycles. The zero-order chi connectivity index (χ0) is 6.41. The molecular weight excluding hydrogens is 105 g/mol. The molecule has 0 unspecified atom stereocenters. The van der Waals surface area contributed by atoms with Gasteiger partial charge in [0.05, 0.1) is 13.5 Å². The first-order valence-corrected chi connectivity index (χ1v) is 2.02. The Bertz CT molecular complexity index is 76.4. The van der Waals surface area contributed by atoms with E-state index >= 15 is 0 Å². The largest absolute Gasteiger partial charge is 0.496 e. The third-order valence-corrected chi connectivity index (χ3v) is 0.557. The fraction of sp³-hybridized carbons (Fsp3) is 0.750. The average Bonchev–Trinajstić information content (AvgIpc) is 1.83. The molecule has 0 aliphatic rings. The van der Waals surface area contributed by atoms with Crippen LogP contribution in [0, 0.1) is 0 Å². The van der Waals surface area contributed by atoms with E-state index in [1.54, 1.807) is 0 Å². The van der Waals surface area contributed by atoms with Gasteiger partial charge in [0.25, 0.3) is 0 Å². The van der Waals surface area contributed by atoms with E-state index in [2.05, 4.69) is 9.96 Å². The summed E-state index contributed by atoms with van der Waals surface area (Å²) in [6.45, 7) is 0.798. The van der Waals surface area contributed by atoms with E-state index in [9.17, 15) is 4.79 Å². The van der Waals surface area contributed by atoms with Crippen molar-refractivity contribution in [1.82, 2.24) is 5.23 Å². The Morgan fingerprint density at radius 1 is 1.88 bits per heavy atom. The van der Waals surface area contributed by atoms with E-state index in [0.717, 1.165) is 6.54 Å². The van der Waals surface area contributed by atoms with Gasteiger partial charge >= 0.3 is 5.97 Å². The van der Waals surface area contributed by atoms with Gasteiger partial charge in [0.1, 0.15) is 0 Å². The number of carbonyl (C=O) groups excluding carboxylic acids is 1. The van der Waals surface area contributed by atoms with E-state index in [-0.39, 0.29) is 14.0 Å². The SMILES string of the molecule is [BH3-]NCCC(=O)OC. The van der Waals surface area contributed by atoms with Crippen molar-refractivity contribution in [3.05, 3.63) is 0 Å². The van der Waals surface area contributed by atoms with Crippen LogP contribution in [0.4, 0.5) is 0 Å². The maximum Gasteiger partial charge on any atom is 0.306 e. The zero-order valence-electron chi connectivity index (χ0n) is 4.23. The lowest BCUT2D eigenvalue weighted by molar-refractivity contribution is -0.140. The number of esters is 1. The normalized spacial score (nSPS) is 8.75. The summed E-state index contributed by atoms with van der Waals surface area (Å²) >= 11 is 0. The van der Waals surface area contributed by atoms with Gasteiger partial charge in [-0.3, -0.25) is 4.79 Å². The molecule has 4 heteroatoms. The van der Waals surface area contributed by atoms with E-state index in [1.807, 2.05) is 0 Å². The second kappa shape index (κ2) is 4.65. The Labute approximate surface area is 49.8 Å². The molecule has 1 N–H and O–H groups in total. The minimum atomic E-state index is -0.127. The first-order chi connectivity index (χ1) is 3.81. The van der Waals surface area contributed by atoms with Crippen LogP contribution in [-0.2, 0) is 9.53 Å². The quantitative estimate of drug-likeness (QED) is 0.357. The fourth-order valence-corrected chi connectivity index (χ4v) is 0.204. The van der Waals surface area contributed by atoms with Gasteiger partial charge in [-0.2, -0.15) is 0 Å². The van der Waals surface area contributed by atoms with Crippen LogP contribution in [0.3, 0.4) is 0 Å². The van der Waals surface area contributed by atoms with Crippen molar-refractivity contribution in [2.45, 2.75) is 6.42 Å². The smallest absolute Gasteiger partial charge is 0.306 e. The Balaban J connectivity index is 2.99. The van der Waals surface area contributed by atoms with Crippen molar-refractivity contribution in [3.8, 4) is 0 Å². The van der Waals surface area contributed by atoms with Crippen molar-refractivity contribution in [1.29, 1.82) is 0 Å². The van der Waals surface area contributed by atoms with Gasteiger partial charge in [-0.05, 0) is 6.54 Å². The van der Waals surface area contributed by atoms with Crippen LogP contribution in [0.2, 0.25) is 0 Å². The maximum absolute atomic E-state index is 10.3. The van der Waals surface area contributed by atoms with Crippen LogP contribution in [-0.4, -0.2) is 27.6 Å². The van der Waals surface area contributed by atoms with E-state index in [1.165, 1.54) is 7.11 Å². The summed E-state index contributed by atoms with van der Waals surface area (Å²) in [6.07, 6.45) is 0.514. The lowest BCUT2D eigenvalue weighted by Crippen LogP contribution is -2.14. The second-order valence-corrected chi connectivity index (χ2v) is 1.08. The molecule has 0 atom stereocenters. The van der Waals surface area contributed by atoms with E-state index in [4.69, 9.17) is 0 Å². The molecule has 0 saturated heterocycles. The molecule has 3 nitrogen and oxygen atoms in total. The fourth-order valence-electron chi connectivity index (χ4n) is 0.204. The first-order valence-electron chi connectivity index (χ1n) is 2.02. The number of carbonyl (C=O) groups is 1. The molecule has 0 radical (unpaired) electrons. The van der Waals surface area contributed by atoms with Crippen molar-refractivity contribution < 1.29 is 9.53 Å². The molecule has 0 spiro atoms. The maximum atomic E-state index is 10.3. The Morgan fingerprint density at radius 3 is 2.88 bits per heavy atom. The highest BCUT2D eigenvalue weighted by molar-refractivity contribution is 6.04. The third kappa shape index (κ3) is 3.68. The molecule has 48 valence electrons. The average molecular weight is 116 g/mol. The molecule has 0 aliphatic carbocycles. The van der Waals surface area contributed by atoms with Gasteiger partial charge in [0.15, 0.2) is 0 Å². The van der Waals surface area contributed by atoms with Gasteiger partial charge < -0.3 is 9.96 Å². The van der Waals surface area contributed by atoms with Gasteiger partial charge in [-0.25, -0.2) is 0 Å². The zero-order valence-corrected chi connectivity index (χ0v) is 4.23. The standard InChI is InChI=1S/C4H11BNO2/c1-8-4(7)2-3-6-5/h6H,2-3H2,1,5H3/q-1. The van der Waals surface area contributed by atoms with Crippen LogP contribution in [0.25, 0.3) is 0 Å². The molecule has 0 rings (SSSR count). The van der Waals surface area contributed by atoms with Crippen molar-refractivity contribution in [2.75, 3.05) is 13.7 Å². The third-order valence-electron chi connectivity index (χ3n) is 0.557.